The lowest BCUT2D eigenvalue weighted by molar-refractivity contribution is 0.0332. The molecule has 0 amide bonds. The van der Waals surface area contributed by atoms with Crippen molar-refractivity contribution in [3.8, 4) is 0 Å². The Hall–Kier alpha value is -0.0800. The van der Waals surface area contributed by atoms with Gasteiger partial charge < -0.3 is 5.32 Å². The molecule has 0 spiro atoms. The van der Waals surface area contributed by atoms with Crippen LogP contribution < -0.4 is 5.32 Å². The van der Waals surface area contributed by atoms with E-state index in [9.17, 15) is 0 Å². The second-order valence-electron chi connectivity index (χ2n) is 6.06. The van der Waals surface area contributed by atoms with Crippen molar-refractivity contribution in [1.29, 1.82) is 0 Å². The minimum Gasteiger partial charge on any atom is -0.316 e. The second kappa shape index (κ2) is 5.50. The van der Waals surface area contributed by atoms with Gasteiger partial charge in [-0.05, 0) is 44.6 Å². The van der Waals surface area contributed by atoms with Crippen molar-refractivity contribution in [1.82, 2.24) is 10.2 Å². The average Bonchev–Trinajstić information content (AvgIpc) is 2.25. The predicted molar refractivity (Wildman–Crippen MR) is 69.6 cm³/mol. The van der Waals surface area contributed by atoms with E-state index < -0.39 is 0 Å². The van der Waals surface area contributed by atoms with E-state index in [2.05, 4.69) is 31.1 Å². The standard InChI is InChI=1S/C14H28N2/c1-4-5-12-8-13(15-3)10-16(9-12)14-6-11(2)7-14/h11-15H,4-10H2,1-3H3. The first kappa shape index (κ1) is 12.4. The lowest BCUT2D eigenvalue weighted by Gasteiger charge is -2.47. The zero-order valence-corrected chi connectivity index (χ0v) is 11.2. The van der Waals surface area contributed by atoms with Gasteiger partial charge in [0, 0.05) is 25.2 Å². The molecule has 2 nitrogen and oxygen atoms in total. The molecule has 94 valence electrons. The van der Waals surface area contributed by atoms with Gasteiger partial charge in [-0.25, -0.2) is 0 Å². The maximum absolute atomic E-state index is 3.49. The van der Waals surface area contributed by atoms with E-state index >= 15 is 0 Å². The summed E-state index contributed by atoms with van der Waals surface area (Å²) < 4.78 is 0. The Labute approximate surface area is 101 Å². The summed E-state index contributed by atoms with van der Waals surface area (Å²) in [5.74, 6) is 1.91. The normalized spacial score (nSPS) is 40.7. The Balaban J connectivity index is 1.86. The van der Waals surface area contributed by atoms with Crippen LogP contribution in [0.15, 0.2) is 0 Å². The fraction of sp³-hybridized carbons (Fsp3) is 1.00. The van der Waals surface area contributed by atoms with Crippen LogP contribution in [0, 0.1) is 11.8 Å². The summed E-state index contributed by atoms with van der Waals surface area (Å²) >= 11 is 0. The third kappa shape index (κ3) is 2.78. The Morgan fingerprint density at radius 3 is 2.50 bits per heavy atom. The molecule has 1 saturated carbocycles. The minimum atomic E-state index is 0.737. The summed E-state index contributed by atoms with van der Waals surface area (Å²) in [6.45, 7) is 7.36. The lowest BCUT2D eigenvalue weighted by atomic mass is 9.78. The number of nitrogens with zero attached hydrogens (tertiary/aromatic N) is 1. The van der Waals surface area contributed by atoms with Gasteiger partial charge in [0.1, 0.15) is 0 Å². The summed E-state index contributed by atoms with van der Waals surface area (Å²) in [7, 11) is 2.13. The largest absolute Gasteiger partial charge is 0.316 e. The van der Waals surface area contributed by atoms with Gasteiger partial charge in [0.2, 0.25) is 0 Å². The molecule has 2 fully saturated rings. The molecule has 1 N–H and O–H groups in total. The second-order valence-corrected chi connectivity index (χ2v) is 6.06. The van der Waals surface area contributed by atoms with Crippen LogP contribution in [0.5, 0.6) is 0 Å². The zero-order valence-electron chi connectivity index (χ0n) is 11.2. The summed E-state index contributed by atoms with van der Waals surface area (Å²) in [6, 6.07) is 1.65. The topological polar surface area (TPSA) is 15.3 Å². The molecule has 0 aromatic rings. The van der Waals surface area contributed by atoms with Crippen LogP contribution in [0.3, 0.4) is 0 Å². The van der Waals surface area contributed by atoms with Crippen molar-refractivity contribution in [2.24, 2.45) is 11.8 Å². The molecule has 1 aliphatic heterocycles. The molecule has 1 aliphatic carbocycles. The number of likely N-dealkylation sites (N-methyl/N-ethyl adjacent to an activating group) is 1. The van der Waals surface area contributed by atoms with Gasteiger partial charge in [0.25, 0.3) is 0 Å². The summed E-state index contributed by atoms with van der Waals surface area (Å²) in [6.07, 6.45) is 7.03. The molecular weight excluding hydrogens is 196 g/mol. The van der Waals surface area contributed by atoms with Crippen molar-refractivity contribution in [2.75, 3.05) is 20.1 Å². The van der Waals surface area contributed by atoms with Crippen LogP contribution in [-0.4, -0.2) is 37.1 Å². The molecule has 1 saturated heterocycles. The van der Waals surface area contributed by atoms with Gasteiger partial charge in [-0.1, -0.05) is 20.3 Å². The predicted octanol–water partition coefficient (Wildman–Crippen LogP) is 2.49. The first-order chi connectivity index (χ1) is 7.72. The first-order valence-electron chi connectivity index (χ1n) is 7.14. The molecule has 0 bridgehead atoms. The molecule has 2 atom stereocenters. The van der Waals surface area contributed by atoms with Gasteiger partial charge in [0.15, 0.2) is 0 Å². The summed E-state index contributed by atoms with van der Waals surface area (Å²) in [4.78, 5) is 2.77. The van der Waals surface area contributed by atoms with E-state index in [4.69, 9.17) is 0 Å². The van der Waals surface area contributed by atoms with E-state index in [-0.39, 0.29) is 0 Å². The van der Waals surface area contributed by atoms with Crippen molar-refractivity contribution in [3.63, 3.8) is 0 Å². The highest BCUT2D eigenvalue weighted by Crippen LogP contribution is 2.34. The molecule has 0 radical (unpaired) electrons. The molecule has 2 unspecified atom stereocenters. The number of piperidine rings is 1. The number of hydrogen-bond donors (Lipinski definition) is 1. The third-order valence-electron chi connectivity index (χ3n) is 4.54. The molecule has 0 aromatic carbocycles. The van der Waals surface area contributed by atoms with Crippen molar-refractivity contribution >= 4 is 0 Å². The van der Waals surface area contributed by atoms with Crippen molar-refractivity contribution in [2.45, 2.75) is 58.0 Å². The SMILES string of the molecule is CCCC1CC(NC)CN(C2CC(C)C2)C1. The monoisotopic (exact) mass is 224 g/mol. The Morgan fingerprint density at radius 1 is 1.19 bits per heavy atom. The average molecular weight is 224 g/mol. The first-order valence-corrected chi connectivity index (χ1v) is 7.14. The van der Waals surface area contributed by atoms with Crippen LogP contribution in [0.4, 0.5) is 0 Å². The van der Waals surface area contributed by atoms with Crippen LogP contribution in [0.1, 0.15) is 46.0 Å². The number of likely N-dealkylation sites (tertiary alicyclic amines) is 1. The molecular formula is C14H28N2. The summed E-state index contributed by atoms with van der Waals surface area (Å²) in [5.41, 5.74) is 0. The molecule has 2 aliphatic rings. The van der Waals surface area contributed by atoms with Crippen molar-refractivity contribution < 1.29 is 0 Å². The Kier molecular flexibility index (Phi) is 4.26. The van der Waals surface area contributed by atoms with Crippen LogP contribution in [0.25, 0.3) is 0 Å². The highest BCUT2D eigenvalue weighted by atomic mass is 15.2. The van der Waals surface area contributed by atoms with Gasteiger partial charge in [-0.2, -0.15) is 0 Å². The fourth-order valence-corrected chi connectivity index (χ4v) is 3.52. The third-order valence-corrected chi connectivity index (χ3v) is 4.54. The maximum atomic E-state index is 3.49. The van der Waals surface area contributed by atoms with Crippen molar-refractivity contribution in [3.05, 3.63) is 0 Å². The number of nitrogens with one attached hydrogen (secondary N) is 1. The fourth-order valence-electron chi connectivity index (χ4n) is 3.52. The Bertz CT molecular complexity index is 211. The van der Waals surface area contributed by atoms with E-state index in [1.54, 1.807) is 0 Å². The highest BCUT2D eigenvalue weighted by Gasteiger charge is 2.35. The van der Waals surface area contributed by atoms with Crippen LogP contribution in [-0.2, 0) is 0 Å². The van der Waals surface area contributed by atoms with Crippen LogP contribution in [0.2, 0.25) is 0 Å². The minimum absolute atomic E-state index is 0.737. The quantitative estimate of drug-likeness (QED) is 0.789. The van der Waals surface area contributed by atoms with Gasteiger partial charge in [-0.15, -0.1) is 0 Å². The molecule has 2 rings (SSSR count). The van der Waals surface area contributed by atoms with Crippen LogP contribution >= 0.6 is 0 Å². The van der Waals surface area contributed by atoms with E-state index in [1.807, 2.05) is 0 Å². The Morgan fingerprint density at radius 2 is 1.94 bits per heavy atom. The number of rotatable bonds is 4. The smallest absolute Gasteiger partial charge is 0.0195 e. The zero-order chi connectivity index (χ0) is 11.5. The van der Waals surface area contributed by atoms with Gasteiger partial charge in [-0.3, -0.25) is 4.90 Å². The number of hydrogen-bond acceptors (Lipinski definition) is 2. The maximum Gasteiger partial charge on any atom is 0.0195 e. The van der Waals surface area contributed by atoms with E-state index in [1.165, 1.54) is 45.2 Å². The van der Waals surface area contributed by atoms with E-state index in [0.717, 1.165) is 23.9 Å². The highest BCUT2D eigenvalue weighted by molar-refractivity contribution is 4.91. The molecule has 1 heterocycles. The molecule has 2 heteroatoms. The van der Waals surface area contributed by atoms with Gasteiger partial charge >= 0.3 is 0 Å². The van der Waals surface area contributed by atoms with Gasteiger partial charge in [0.05, 0.1) is 0 Å². The molecule has 16 heavy (non-hydrogen) atoms. The lowest BCUT2D eigenvalue weighted by Crippen LogP contribution is -2.55. The summed E-state index contributed by atoms with van der Waals surface area (Å²) in [5, 5.41) is 3.49. The molecule has 0 aromatic heterocycles. The van der Waals surface area contributed by atoms with E-state index in [0.29, 0.717) is 0 Å².